The second kappa shape index (κ2) is 9.91. The van der Waals surface area contributed by atoms with E-state index < -0.39 is 0 Å². The molecule has 1 atom stereocenters. The first-order valence-corrected chi connectivity index (χ1v) is 10.2. The number of piperazine rings is 1. The average molecular weight is 464 g/mol. The summed E-state index contributed by atoms with van der Waals surface area (Å²) >= 11 is 0. The van der Waals surface area contributed by atoms with Gasteiger partial charge in [0.25, 0.3) is 5.91 Å². The van der Waals surface area contributed by atoms with Crippen LogP contribution < -0.4 is 5.32 Å². The number of benzene rings is 1. The van der Waals surface area contributed by atoms with E-state index in [0.29, 0.717) is 11.7 Å². The van der Waals surface area contributed by atoms with Crippen LogP contribution in [-0.4, -0.2) is 81.0 Å². The summed E-state index contributed by atoms with van der Waals surface area (Å²) in [6.45, 7) is 7.62. The average Bonchev–Trinajstić information content (AvgIpc) is 3.41. The van der Waals surface area contributed by atoms with Gasteiger partial charge < -0.3 is 10.2 Å². The van der Waals surface area contributed by atoms with E-state index in [1.165, 1.54) is 0 Å². The molecule has 31 heavy (non-hydrogen) atoms. The van der Waals surface area contributed by atoms with Gasteiger partial charge in [0.2, 0.25) is 0 Å². The molecule has 4 heterocycles. The number of hydrogen-bond acceptors (Lipinski definition) is 6. The highest BCUT2D eigenvalue weighted by atomic mass is 35.5. The van der Waals surface area contributed by atoms with Crippen molar-refractivity contribution in [1.82, 2.24) is 35.1 Å². The molecule has 1 N–H and O–H groups in total. The maximum atomic E-state index is 13.2. The zero-order valence-corrected chi connectivity index (χ0v) is 19.0. The standard InChI is InChI=1S/C21H25N7O.2ClH/c1-15-20(21(29)27-10-6-17(14-27)26-11-8-22-9-12-26)24-25-28(15)19-4-2-3-16-13-23-7-5-18(16)19;;/h2-5,7,13,17,22H,6,8-12,14H2,1H3;2*1H. The van der Waals surface area contributed by atoms with Gasteiger partial charge in [0.1, 0.15) is 0 Å². The Balaban J connectivity index is 0.00000136. The summed E-state index contributed by atoms with van der Waals surface area (Å²) in [5, 5.41) is 14.0. The van der Waals surface area contributed by atoms with E-state index in [4.69, 9.17) is 0 Å². The number of rotatable bonds is 3. The predicted octanol–water partition coefficient (Wildman–Crippen LogP) is 2.09. The smallest absolute Gasteiger partial charge is 0.276 e. The number of pyridine rings is 1. The number of carbonyl (C=O) groups excluding carboxylic acids is 1. The molecule has 2 aromatic heterocycles. The molecule has 0 saturated carbocycles. The fourth-order valence-corrected chi connectivity index (χ4v) is 4.47. The van der Waals surface area contributed by atoms with E-state index in [1.54, 1.807) is 10.9 Å². The maximum absolute atomic E-state index is 13.2. The second-order valence-corrected chi connectivity index (χ2v) is 7.79. The highest BCUT2D eigenvalue weighted by Gasteiger charge is 2.33. The first-order valence-electron chi connectivity index (χ1n) is 10.2. The van der Waals surface area contributed by atoms with Crippen molar-refractivity contribution in [2.75, 3.05) is 39.3 Å². The van der Waals surface area contributed by atoms with Crippen LogP contribution in [0.5, 0.6) is 0 Å². The quantitative estimate of drug-likeness (QED) is 0.640. The van der Waals surface area contributed by atoms with Crippen LogP contribution in [0.25, 0.3) is 16.5 Å². The molecule has 2 aliphatic heterocycles. The van der Waals surface area contributed by atoms with Gasteiger partial charge in [-0.2, -0.15) is 0 Å². The molecule has 2 fully saturated rings. The molecule has 1 aromatic carbocycles. The first-order chi connectivity index (χ1) is 14.2. The normalized spacial score (nSPS) is 19.1. The van der Waals surface area contributed by atoms with Crippen molar-refractivity contribution < 1.29 is 4.79 Å². The van der Waals surface area contributed by atoms with Crippen molar-refractivity contribution in [2.45, 2.75) is 19.4 Å². The van der Waals surface area contributed by atoms with Gasteiger partial charge >= 0.3 is 0 Å². The molecular formula is C21H27Cl2N7O. The number of likely N-dealkylation sites (tertiary alicyclic amines) is 1. The van der Waals surface area contributed by atoms with Crippen molar-refractivity contribution in [3.05, 3.63) is 48.0 Å². The third kappa shape index (κ3) is 4.39. The molecule has 1 amide bonds. The van der Waals surface area contributed by atoms with Gasteiger partial charge in [-0.25, -0.2) is 4.68 Å². The van der Waals surface area contributed by atoms with Gasteiger partial charge in [0.15, 0.2) is 5.69 Å². The molecule has 5 rings (SSSR count). The minimum Gasteiger partial charge on any atom is -0.336 e. The molecule has 3 aromatic rings. The Morgan fingerprint density at radius 2 is 1.94 bits per heavy atom. The van der Waals surface area contributed by atoms with Gasteiger partial charge in [-0.05, 0) is 25.5 Å². The highest BCUT2D eigenvalue weighted by Crippen LogP contribution is 2.24. The van der Waals surface area contributed by atoms with Gasteiger partial charge in [0, 0.05) is 68.5 Å². The van der Waals surface area contributed by atoms with Gasteiger partial charge in [0.05, 0.1) is 11.4 Å². The molecule has 10 heteroatoms. The minimum absolute atomic E-state index is 0. The number of halogens is 2. The number of aromatic nitrogens is 4. The van der Waals surface area contributed by atoms with Crippen LogP contribution in [-0.2, 0) is 0 Å². The van der Waals surface area contributed by atoms with Crippen molar-refractivity contribution in [1.29, 1.82) is 0 Å². The molecular weight excluding hydrogens is 437 g/mol. The summed E-state index contributed by atoms with van der Waals surface area (Å²) in [4.78, 5) is 21.8. The molecule has 0 aliphatic carbocycles. The Morgan fingerprint density at radius 3 is 2.74 bits per heavy atom. The highest BCUT2D eigenvalue weighted by molar-refractivity contribution is 5.94. The van der Waals surface area contributed by atoms with Gasteiger partial charge in [-0.3, -0.25) is 14.7 Å². The van der Waals surface area contributed by atoms with Crippen molar-refractivity contribution in [3.8, 4) is 5.69 Å². The number of fused-ring (bicyclic) bond motifs is 1. The Hall–Kier alpha value is -2.26. The lowest BCUT2D eigenvalue weighted by Crippen LogP contribution is -2.49. The van der Waals surface area contributed by atoms with E-state index in [1.807, 2.05) is 42.3 Å². The number of nitrogens with zero attached hydrogens (tertiary/aromatic N) is 6. The number of nitrogens with one attached hydrogen (secondary N) is 1. The molecule has 2 aliphatic rings. The Bertz CT molecular complexity index is 1050. The predicted molar refractivity (Wildman–Crippen MR) is 125 cm³/mol. The maximum Gasteiger partial charge on any atom is 0.276 e. The van der Waals surface area contributed by atoms with E-state index in [9.17, 15) is 4.79 Å². The Morgan fingerprint density at radius 1 is 1.13 bits per heavy atom. The number of amides is 1. The van der Waals surface area contributed by atoms with Crippen molar-refractivity contribution in [2.24, 2.45) is 0 Å². The summed E-state index contributed by atoms with van der Waals surface area (Å²) in [6.07, 6.45) is 4.62. The number of hydrogen-bond donors (Lipinski definition) is 1. The fraction of sp³-hybridized carbons (Fsp3) is 0.429. The molecule has 0 bridgehead atoms. The lowest BCUT2D eigenvalue weighted by molar-refractivity contribution is 0.0767. The summed E-state index contributed by atoms with van der Waals surface area (Å²) in [5.41, 5.74) is 2.12. The monoisotopic (exact) mass is 463 g/mol. The van der Waals surface area contributed by atoms with Crippen LogP contribution >= 0.6 is 24.8 Å². The summed E-state index contributed by atoms with van der Waals surface area (Å²) in [6, 6.07) is 8.40. The summed E-state index contributed by atoms with van der Waals surface area (Å²) in [5.74, 6) is -0.0201. The number of carbonyl (C=O) groups is 1. The van der Waals surface area contributed by atoms with Gasteiger partial charge in [-0.15, -0.1) is 29.9 Å². The lowest BCUT2D eigenvalue weighted by atomic mass is 10.1. The van der Waals surface area contributed by atoms with Crippen LogP contribution in [0.2, 0.25) is 0 Å². The van der Waals surface area contributed by atoms with Crippen LogP contribution in [0.3, 0.4) is 0 Å². The Kier molecular flexibility index (Phi) is 7.48. The zero-order chi connectivity index (χ0) is 19.8. The van der Waals surface area contributed by atoms with Crippen LogP contribution in [0.4, 0.5) is 0 Å². The Labute approximate surface area is 193 Å². The molecule has 166 valence electrons. The third-order valence-electron chi connectivity index (χ3n) is 6.10. The SMILES string of the molecule is Cc1c(C(=O)N2CCC(N3CCNCC3)C2)nnn1-c1cccc2cnccc12.Cl.Cl. The van der Waals surface area contributed by atoms with Crippen molar-refractivity contribution >= 4 is 41.5 Å². The van der Waals surface area contributed by atoms with E-state index in [0.717, 1.165) is 67.8 Å². The zero-order valence-electron chi connectivity index (χ0n) is 17.4. The second-order valence-electron chi connectivity index (χ2n) is 7.79. The topological polar surface area (TPSA) is 79.2 Å². The lowest BCUT2D eigenvalue weighted by Gasteiger charge is -2.32. The third-order valence-corrected chi connectivity index (χ3v) is 6.10. The fourth-order valence-electron chi connectivity index (χ4n) is 4.47. The molecule has 2 saturated heterocycles. The molecule has 0 radical (unpaired) electrons. The van der Waals surface area contributed by atoms with Crippen LogP contribution in [0, 0.1) is 6.92 Å². The minimum atomic E-state index is -0.0201. The molecule has 0 spiro atoms. The van der Waals surface area contributed by atoms with Gasteiger partial charge in [-0.1, -0.05) is 17.3 Å². The van der Waals surface area contributed by atoms with E-state index in [-0.39, 0.29) is 30.7 Å². The molecule has 1 unspecified atom stereocenters. The summed E-state index contributed by atoms with van der Waals surface area (Å²) < 4.78 is 1.76. The van der Waals surface area contributed by atoms with Crippen molar-refractivity contribution in [3.63, 3.8) is 0 Å². The van der Waals surface area contributed by atoms with E-state index in [2.05, 4.69) is 25.5 Å². The largest absolute Gasteiger partial charge is 0.336 e. The van der Waals surface area contributed by atoms with E-state index >= 15 is 0 Å². The first kappa shape index (κ1) is 23.4. The van der Waals surface area contributed by atoms with Crippen LogP contribution in [0.1, 0.15) is 22.6 Å². The molecule has 8 nitrogen and oxygen atoms in total. The summed E-state index contributed by atoms with van der Waals surface area (Å²) in [7, 11) is 0. The van der Waals surface area contributed by atoms with Crippen LogP contribution in [0.15, 0.2) is 36.7 Å².